The maximum absolute atomic E-state index is 11.2. The number of pyridine rings is 1. The van der Waals surface area contributed by atoms with Gasteiger partial charge in [-0.3, -0.25) is 10.1 Å². The van der Waals surface area contributed by atoms with E-state index in [-0.39, 0.29) is 10.6 Å². The molecule has 0 N–H and O–H groups in total. The zero-order chi connectivity index (χ0) is 18.1. The largest absolute Gasteiger partial charge is 0.270 e. The molecule has 4 aromatic rings. The van der Waals surface area contributed by atoms with Crippen LogP contribution >= 0.6 is 0 Å². The highest BCUT2D eigenvalue weighted by molar-refractivity contribution is 5.98. The van der Waals surface area contributed by atoms with Crippen LogP contribution in [0.3, 0.4) is 0 Å². The van der Waals surface area contributed by atoms with E-state index < -0.39 is 0 Å². The van der Waals surface area contributed by atoms with Crippen LogP contribution in [-0.4, -0.2) is 9.91 Å². The lowest BCUT2D eigenvalue weighted by Gasteiger charge is -2.12. The number of hydrogen-bond donors (Lipinski definition) is 0. The van der Waals surface area contributed by atoms with Crippen LogP contribution in [0.1, 0.15) is 5.56 Å². The predicted octanol–water partition coefficient (Wildman–Crippen LogP) is 5.79. The first-order chi connectivity index (χ1) is 12.6. The molecule has 4 nitrogen and oxygen atoms in total. The van der Waals surface area contributed by atoms with Gasteiger partial charge in [-0.25, -0.2) is 4.98 Å². The molecule has 4 heteroatoms. The first-order valence-corrected chi connectivity index (χ1v) is 8.34. The standard InChI is InChI=1S/C22H16N2O2/c1-15-7-5-6-10-18(15)22-14-19(16-8-3-2-4-9-16)20-13-17(24(25)26)11-12-21(20)23-22/h2-14H,1H3. The normalized spacial score (nSPS) is 10.8. The summed E-state index contributed by atoms with van der Waals surface area (Å²) >= 11 is 0. The second-order valence-corrected chi connectivity index (χ2v) is 6.19. The summed E-state index contributed by atoms with van der Waals surface area (Å²) in [6.07, 6.45) is 0. The van der Waals surface area contributed by atoms with E-state index in [1.165, 1.54) is 6.07 Å². The topological polar surface area (TPSA) is 56.0 Å². The van der Waals surface area contributed by atoms with Gasteiger partial charge in [0.15, 0.2) is 0 Å². The van der Waals surface area contributed by atoms with Crippen molar-refractivity contribution in [1.82, 2.24) is 4.98 Å². The lowest BCUT2D eigenvalue weighted by atomic mass is 9.96. The van der Waals surface area contributed by atoms with Crippen molar-refractivity contribution in [2.45, 2.75) is 6.92 Å². The Balaban J connectivity index is 2.05. The van der Waals surface area contributed by atoms with Gasteiger partial charge in [-0.1, -0.05) is 54.6 Å². The molecule has 0 aliphatic rings. The smallest absolute Gasteiger partial charge is 0.258 e. The minimum Gasteiger partial charge on any atom is -0.258 e. The molecule has 0 aliphatic carbocycles. The highest BCUT2D eigenvalue weighted by atomic mass is 16.6. The van der Waals surface area contributed by atoms with Crippen LogP contribution in [0.4, 0.5) is 5.69 Å². The molecule has 1 aromatic heterocycles. The van der Waals surface area contributed by atoms with Crippen molar-refractivity contribution in [3.8, 4) is 22.4 Å². The molecule has 0 saturated carbocycles. The average Bonchev–Trinajstić information content (AvgIpc) is 2.67. The molecule has 3 aromatic carbocycles. The van der Waals surface area contributed by atoms with Crippen molar-refractivity contribution < 1.29 is 4.92 Å². The summed E-state index contributed by atoms with van der Waals surface area (Å²) in [6, 6.07) is 24.8. The summed E-state index contributed by atoms with van der Waals surface area (Å²) in [5.41, 5.74) is 5.83. The van der Waals surface area contributed by atoms with E-state index in [2.05, 4.69) is 13.0 Å². The van der Waals surface area contributed by atoms with Crippen molar-refractivity contribution in [3.05, 3.63) is 94.5 Å². The Hall–Kier alpha value is -3.53. The van der Waals surface area contributed by atoms with E-state index in [0.29, 0.717) is 0 Å². The van der Waals surface area contributed by atoms with Gasteiger partial charge in [-0.15, -0.1) is 0 Å². The first-order valence-electron chi connectivity index (χ1n) is 8.34. The Bertz CT molecular complexity index is 1120. The SMILES string of the molecule is Cc1ccccc1-c1cc(-c2ccccc2)c2cc([N+](=O)[O-])ccc2n1. The van der Waals surface area contributed by atoms with E-state index >= 15 is 0 Å². The van der Waals surface area contributed by atoms with Gasteiger partial charge < -0.3 is 0 Å². The number of nitro groups is 1. The second-order valence-electron chi connectivity index (χ2n) is 6.19. The zero-order valence-electron chi connectivity index (χ0n) is 14.2. The molecule has 0 atom stereocenters. The van der Waals surface area contributed by atoms with Crippen LogP contribution in [0.15, 0.2) is 78.9 Å². The van der Waals surface area contributed by atoms with Crippen LogP contribution in [0.5, 0.6) is 0 Å². The molecule has 0 bridgehead atoms. The summed E-state index contributed by atoms with van der Waals surface area (Å²) in [5, 5.41) is 12.0. The lowest BCUT2D eigenvalue weighted by molar-refractivity contribution is -0.384. The number of aryl methyl sites for hydroxylation is 1. The summed E-state index contributed by atoms with van der Waals surface area (Å²) in [7, 11) is 0. The van der Waals surface area contributed by atoms with E-state index in [0.717, 1.165) is 38.9 Å². The molecule has 4 rings (SSSR count). The molecule has 0 amide bonds. The zero-order valence-corrected chi connectivity index (χ0v) is 14.2. The number of benzene rings is 3. The van der Waals surface area contributed by atoms with E-state index in [1.807, 2.05) is 54.6 Å². The van der Waals surface area contributed by atoms with E-state index in [1.54, 1.807) is 12.1 Å². The summed E-state index contributed by atoms with van der Waals surface area (Å²) in [5.74, 6) is 0. The third-order valence-electron chi connectivity index (χ3n) is 4.51. The highest BCUT2D eigenvalue weighted by Gasteiger charge is 2.14. The van der Waals surface area contributed by atoms with Crippen LogP contribution in [0.25, 0.3) is 33.3 Å². The number of rotatable bonds is 3. The molecule has 0 radical (unpaired) electrons. The predicted molar refractivity (Wildman–Crippen MR) is 104 cm³/mol. The van der Waals surface area contributed by atoms with Crippen LogP contribution < -0.4 is 0 Å². The molecule has 0 fully saturated rings. The molecule has 0 spiro atoms. The molecule has 0 aliphatic heterocycles. The van der Waals surface area contributed by atoms with Gasteiger partial charge in [0.25, 0.3) is 5.69 Å². The van der Waals surface area contributed by atoms with Crippen LogP contribution in [0.2, 0.25) is 0 Å². The minimum absolute atomic E-state index is 0.0696. The number of fused-ring (bicyclic) bond motifs is 1. The molecule has 1 heterocycles. The van der Waals surface area contributed by atoms with Crippen molar-refractivity contribution in [3.63, 3.8) is 0 Å². The number of aromatic nitrogens is 1. The Morgan fingerprint density at radius 2 is 1.58 bits per heavy atom. The van der Waals surface area contributed by atoms with Gasteiger partial charge in [-0.2, -0.15) is 0 Å². The Labute approximate surface area is 150 Å². The van der Waals surface area contributed by atoms with Gasteiger partial charge in [-0.05, 0) is 35.7 Å². The summed E-state index contributed by atoms with van der Waals surface area (Å²) < 4.78 is 0. The fourth-order valence-corrected chi connectivity index (χ4v) is 3.18. The Morgan fingerprint density at radius 3 is 2.31 bits per heavy atom. The Morgan fingerprint density at radius 1 is 0.846 bits per heavy atom. The van der Waals surface area contributed by atoms with Crippen LogP contribution in [-0.2, 0) is 0 Å². The number of hydrogen-bond acceptors (Lipinski definition) is 3. The molecule has 0 saturated heterocycles. The third kappa shape index (κ3) is 2.82. The van der Waals surface area contributed by atoms with Crippen molar-refractivity contribution >= 4 is 16.6 Å². The fraction of sp³-hybridized carbons (Fsp3) is 0.0455. The van der Waals surface area contributed by atoms with Gasteiger partial charge in [0.05, 0.1) is 16.1 Å². The quantitative estimate of drug-likeness (QED) is 0.350. The van der Waals surface area contributed by atoms with Crippen molar-refractivity contribution in [2.24, 2.45) is 0 Å². The Kier molecular flexibility index (Phi) is 3.93. The third-order valence-corrected chi connectivity index (χ3v) is 4.51. The maximum atomic E-state index is 11.2. The number of nitro benzene ring substituents is 1. The molecule has 0 unspecified atom stereocenters. The number of nitrogens with zero attached hydrogens (tertiary/aromatic N) is 2. The lowest BCUT2D eigenvalue weighted by Crippen LogP contribution is -1.93. The number of non-ortho nitro benzene ring substituents is 1. The highest BCUT2D eigenvalue weighted by Crippen LogP contribution is 2.34. The van der Waals surface area contributed by atoms with E-state index in [9.17, 15) is 10.1 Å². The van der Waals surface area contributed by atoms with Gasteiger partial charge in [0.1, 0.15) is 0 Å². The van der Waals surface area contributed by atoms with Crippen LogP contribution in [0, 0.1) is 17.0 Å². The average molecular weight is 340 g/mol. The maximum Gasteiger partial charge on any atom is 0.270 e. The summed E-state index contributed by atoms with van der Waals surface area (Å²) in [4.78, 5) is 15.6. The molecule has 126 valence electrons. The van der Waals surface area contributed by atoms with Gasteiger partial charge in [0.2, 0.25) is 0 Å². The van der Waals surface area contributed by atoms with Gasteiger partial charge in [0, 0.05) is 23.1 Å². The molecule has 26 heavy (non-hydrogen) atoms. The first kappa shape index (κ1) is 16.0. The fourth-order valence-electron chi connectivity index (χ4n) is 3.18. The summed E-state index contributed by atoms with van der Waals surface area (Å²) in [6.45, 7) is 2.05. The van der Waals surface area contributed by atoms with Gasteiger partial charge >= 0.3 is 0 Å². The molecular formula is C22H16N2O2. The molecular weight excluding hydrogens is 324 g/mol. The second kappa shape index (κ2) is 6.41. The van der Waals surface area contributed by atoms with Crippen molar-refractivity contribution in [1.29, 1.82) is 0 Å². The monoisotopic (exact) mass is 340 g/mol. The van der Waals surface area contributed by atoms with Crippen molar-refractivity contribution in [2.75, 3.05) is 0 Å². The van der Waals surface area contributed by atoms with E-state index in [4.69, 9.17) is 4.98 Å². The minimum atomic E-state index is -0.372.